The number of fused-ring (bicyclic) bond motifs is 1. The van der Waals surface area contributed by atoms with Gasteiger partial charge in [0.05, 0.1) is 23.1 Å². The van der Waals surface area contributed by atoms with E-state index in [0.29, 0.717) is 0 Å². The Labute approximate surface area is 206 Å². The van der Waals surface area contributed by atoms with E-state index < -0.39 is 0 Å². The van der Waals surface area contributed by atoms with Crippen LogP contribution in [0.1, 0.15) is 33.5 Å². The molecule has 1 aromatic heterocycles. The third-order valence-corrected chi connectivity index (χ3v) is 6.26. The van der Waals surface area contributed by atoms with Crippen LogP contribution in [0, 0.1) is 27.7 Å². The van der Waals surface area contributed by atoms with Crippen LogP contribution in [-0.4, -0.2) is 21.8 Å². The standard InChI is InChI=1S/C31H28N4/c1-21-12-10-13-22(2)29(21)32-20-27-26-18-8-9-19-28(26)35(34-27)31(25-16-6-5-7-17-25)33-30-23(3)14-11-15-24(30)4/h5-20H,1-4H3/b32-20+,33-31+. The molecule has 0 aliphatic rings. The Morgan fingerprint density at radius 2 is 1.23 bits per heavy atom. The van der Waals surface area contributed by atoms with E-state index in [9.17, 15) is 0 Å². The van der Waals surface area contributed by atoms with Crippen LogP contribution in [0.5, 0.6) is 0 Å². The average Bonchev–Trinajstić information content (AvgIpc) is 3.23. The summed E-state index contributed by atoms with van der Waals surface area (Å²) in [5.41, 5.74) is 9.31. The van der Waals surface area contributed by atoms with Crippen LogP contribution in [0.3, 0.4) is 0 Å². The van der Waals surface area contributed by atoms with E-state index >= 15 is 0 Å². The lowest BCUT2D eigenvalue weighted by Gasteiger charge is -2.11. The molecule has 4 aromatic carbocycles. The van der Waals surface area contributed by atoms with Crippen LogP contribution in [-0.2, 0) is 0 Å². The minimum atomic E-state index is 0.783. The molecule has 0 aliphatic carbocycles. The molecule has 0 atom stereocenters. The number of rotatable bonds is 4. The first kappa shape index (κ1) is 22.5. The zero-order chi connectivity index (χ0) is 24.4. The summed E-state index contributed by atoms with van der Waals surface area (Å²) in [6.07, 6.45) is 1.87. The Bertz CT molecular complexity index is 1530. The maximum absolute atomic E-state index is 5.18. The summed E-state index contributed by atoms with van der Waals surface area (Å²) in [5, 5.41) is 6.07. The van der Waals surface area contributed by atoms with Crippen molar-refractivity contribution in [2.75, 3.05) is 0 Å². The fourth-order valence-corrected chi connectivity index (χ4v) is 4.39. The number of hydrogen-bond donors (Lipinski definition) is 0. The predicted molar refractivity (Wildman–Crippen MR) is 147 cm³/mol. The van der Waals surface area contributed by atoms with Crippen molar-refractivity contribution < 1.29 is 0 Å². The lowest BCUT2D eigenvalue weighted by Crippen LogP contribution is -2.15. The average molecular weight is 457 g/mol. The summed E-state index contributed by atoms with van der Waals surface area (Å²) < 4.78 is 1.95. The fraction of sp³-hybridized carbons (Fsp3) is 0.129. The van der Waals surface area contributed by atoms with Crippen LogP contribution in [0.25, 0.3) is 10.9 Å². The topological polar surface area (TPSA) is 42.5 Å². The zero-order valence-corrected chi connectivity index (χ0v) is 20.5. The second-order valence-electron chi connectivity index (χ2n) is 8.85. The molecule has 0 unspecified atom stereocenters. The molecule has 0 amide bonds. The van der Waals surface area contributed by atoms with Crippen molar-refractivity contribution in [2.45, 2.75) is 27.7 Å². The zero-order valence-electron chi connectivity index (χ0n) is 20.5. The summed E-state index contributed by atoms with van der Waals surface area (Å²) in [5.74, 6) is 0.783. The Morgan fingerprint density at radius 3 is 1.89 bits per heavy atom. The second kappa shape index (κ2) is 9.51. The highest BCUT2D eigenvalue weighted by Crippen LogP contribution is 2.27. The van der Waals surface area contributed by atoms with E-state index in [1.165, 1.54) is 0 Å². The maximum Gasteiger partial charge on any atom is 0.161 e. The quantitative estimate of drug-likeness (QED) is 0.202. The van der Waals surface area contributed by atoms with Gasteiger partial charge in [0.25, 0.3) is 0 Å². The van der Waals surface area contributed by atoms with Gasteiger partial charge >= 0.3 is 0 Å². The molecule has 0 bridgehead atoms. The first-order valence-corrected chi connectivity index (χ1v) is 11.8. The molecule has 35 heavy (non-hydrogen) atoms. The summed E-state index contributed by atoms with van der Waals surface area (Å²) in [6, 6.07) is 31.0. The number of para-hydroxylation sites is 3. The summed E-state index contributed by atoms with van der Waals surface area (Å²) in [4.78, 5) is 10.0. The molecule has 4 heteroatoms. The number of hydrogen-bond acceptors (Lipinski definition) is 3. The minimum absolute atomic E-state index is 0.783. The van der Waals surface area contributed by atoms with Gasteiger partial charge in [-0.25, -0.2) is 9.67 Å². The predicted octanol–water partition coefficient (Wildman–Crippen LogP) is 7.65. The highest BCUT2D eigenvalue weighted by atomic mass is 15.3. The molecule has 0 radical (unpaired) electrons. The first-order valence-electron chi connectivity index (χ1n) is 11.8. The van der Waals surface area contributed by atoms with Crippen LogP contribution < -0.4 is 0 Å². The van der Waals surface area contributed by atoms with Crippen LogP contribution in [0.15, 0.2) is 101 Å². The largest absolute Gasteiger partial charge is 0.254 e. The van der Waals surface area contributed by atoms with E-state index in [-0.39, 0.29) is 0 Å². The number of aliphatic imine (C=N–C) groups is 2. The van der Waals surface area contributed by atoms with Crippen molar-refractivity contribution in [3.8, 4) is 0 Å². The highest BCUT2D eigenvalue weighted by molar-refractivity contribution is 6.08. The van der Waals surface area contributed by atoms with Crippen LogP contribution in [0.2, 0.25) is 0 Å². The number of benzene rings is 4. The van der Waals surface area contributed by atoms with E-state index in [1.807, 2.05) is 41.2 Å². The van der Waals surface area contributed by atoms with Crippen molar-refractivity contribution in [3.05, 3.63) is 125 Å². The van der Waals surface area contributed by atoms with E-state index in [1.54, 1.807) is 0 Å². The fourth-order valence-electron chi connectivity index (χ4n) is 4.39. The molecular formula is C31H28N4. The van der Waals surface area contributed by atoms with Gasteiger partial charge in [0.2, 0.25) is 0 Å². The Balaban J connectivity index is 1.73. The number of aromatic nitrogens is 2. The van der Waals surface area contributed by atoms with Gasteiger partial charge in [-0.1, -0.05) is 84.9 Å². The smallest absolute Gasteiger partial charge is 0.161 e. The molecule has 5 rings (SSSR count). The Hall–Kier alpha value is -4.31. The second-order valence-corrected chi connectivity index (χ2v) is 8.85. The van der Waals surface area contributed by atoms with Crippen molar-refractivity contribution in [3.63, 3.8) is 0 Å². The van der Waals surface area contributed by atoms with Crippen molar-refractivity contribution >= 4 is 34.3 Å². The van der Waals surface area contributed by atoms with Gasteiger partial charge in [-0.15, -0.1) is 0 Å². The van der Waals surface area contributed by atoms with Crippen molar-refractivity contribution in [2.24, 2.45) is 9.98 Å². The lowest BCUT2D eigenvalue weighted by atomic mass is 10.1. The number of nitrogens with zero attached hydrogens (tertiary/aromatic N) is 4. The van der Waals surface area contributed by atoms with Gasteiger partial charge in [-0.3, -0.25) is 4.99 Å². The molecule has 0 N–H and O–H groups in total. The Morgan fingerprint density at radius 1 is 0.657 bits per heavy atom. The van der Waals surface area contributed by atoms with Gasteiger partial charge < -0.3 is 0 Å². The molecule has 0 spiro atoms. The summed E-state index contributed by atoms with van der Waals surface area (Å²) in [6.45, 7) is 8.36. The lowest BCUT2D eigenvalue weighted by molar-refractivity contribution is 0.956. The minimum Gasteiger partial charge on any atom is -0.254 e. The van der Waals surface area contributed by atoms with Crippen LogP contribution >= 0.6 is 0 Å². The van der Waals surface area contributed by atoms with Gasteiger partial charge in [0.1, 0.15) is 5.69 Å². The SMILES string of the molecule is Cc1cccc(C)c1/N=C/c1nn(/C(=N/c2c(C)cccc2C)c2ccccc2)c2ccccc12. The van der Waals surface area contributed by atoms with Gasteiger partial charge in [0, 0.05) is 10.9 Å². The van der Waals surface area contributed by atoms with E-state index in [0.717, 1.165) is 61.6 Å². The van der Waals surface area contributed by atoms with E-state index in [4.69, 9.17) is 15.1 Å². The summed E-state index contributed by atoms with van der Waals surface area (Å²) in [7, 11) is 0. The molecule has 0 fully saturated rings. The molecule has 0 saturated heterocycles. The normalized spacial score (nSPS) is 12.1. The third-order valence-electron chi connectivity index (χ3n) is 6.26. The van der Waals surface area contributed by atoms with Crippen molar-refractivity contribution in [1.82, 2.24) is 9.78 Å². The molecule has 4 nitrogen and oxygen atoms in total. The summed E-state index contributed by atoms with van der Waals surface area (Å²) >= 11 is 0. The molecule has 0 aliphatic heterocycles. The Kier molecular flexibility index (Phi) is 6.11. The number of aryl methyl sites for hydroxylation is 4. The van der Waals surface area contributed by atoms with Gasteiger partial charge in [-0.05, 0) is 56.0 Å². The molecule has 5 aromatic rings. The molecule has 0 saturated carbocycles. The van der Waals surface area contributed by atoms with Gasteiger partial charge in [-0.2, -0.15) is 5.10 Å². The van der Waals surface area contributed by atoms with Gasteiger partial charge in [0.15, 0.2) is 5.84 Å². The molecule has 1 heterocycles. The first-order chi connectivity index (χ1) is 17.0. The van der Waals surface area contributed by atoms with Crippen molar-refractivity contribution in [1.29, 1.82) is 0 Å². The van der Waals surface area contributed by atoms with Crippen LogP contribution in [0.4, 0.5) is 11.4 Å². The molecule has 172 valence electrons. The monoisotopic (exact) mass is 456 g/mol. The van der Waals surface area contributed by atoms with E-state index in [2.05, 4.69) is 88.4 Å². The maximum atomic E-state index is 5.18. The third kappa shape index (κ3) is 4.43. The molecular weight excluding hydrogens is 428 g/mol. The highest BCUT2D eigenvalue weighted by Gasteiger charge is 2.16.